The zero-order valence-corrected chi connectivity index (χ0v) is 14.3. The van der Waals surface area contributed by atoms with Gasteiger partial charge in [0.25, 0.3) is 5.91 Å². The predicted molar refractivity (Wildman–Crippen MR) is 93.8 cm³/mol. The third-order valence-electron chi connectivity index (χ3n) is 4.68. The van der Waals surface area contributed by atoms with Crippen LogP contribution in [0.1, 0.15) is 42.7 Å². The number of nitrogens with one attached hydrogen (secondary N) is 2. The lowest BCUT2D eigenvalue weighted by molar-refractivity contribution is -0.124. The Hall–Kier alpha value is -2.63. The van der Waals surface area contributed by atoms with Crippen molar-refractivity contribution in [2.45, 2.75) is 38.1 Å². The van der Waals surface area contributed by atoms with Crippen molar-refractivity contribution in [1.82, 2.24) is 15.6 Å². The molecule has 6 nitrogen and oxygen atoms in total. The minimum atomic E-state index is -0.527. The van der Waals surface area contributed by atoms with Crippen LogP contribution >= 0.6 is 0 Å². The number of rotatable bonds is 5. The van der Waals surface area contributed by atoms with Gasteiger partial charge in [-0.2, -0.15) is 0 Å². The number of nitrogens with zero attached hydrogens (tertiary/aromatic N) is 1. The van der Waals surface area contributed by atoms with Crippen LogP contribution in [0.25, 0.3) is 11.5 Å². The maximum absolute atomic E-state index is 12.6. The standard InChI is InChI=1S/C19H23N3O3/c1-20-19(24)17(13-7-3-2-4-8-13)22-18(23)16-11-10-15(25-16)14-9-5-6-12-21-14/h5-6,9-13,17H,2-4,7-8H2,1H3,(H,20,24)(H,22,23)/t17-/m0/s1. The van der Waals surface area contributed by atoms with Crippen LogP contribution in [0.2, 0.25) is 0 Å². The Morgan fingerprint density at radius 1 is 1.16 bits per heavy atom. The molecule has 2 heterocycles. The Bertz CT molecular complexity index is 721. The normalized spacial score (nSPS) is 16.2. The van der Waals surface area contributed by atoms with Crippen molar-refractivity contribution in [3.05, 3.63) is 42.3 Å². The van der Waals surface area contributed by atoms with E-state index >= 15 is 0 Å². The molecule has 25 heavy (non-hydrogen) atoms. The summed E-state index contributed by atoms with van der Waals surface area (Å²) in [6, 6.07) is 8.29. The van der Waals surface area contributed by atoms with E-state index in [4.69, 9.17) is 4.42 Å². The van der Waals surface area contributed by atoms with Crippen LogP contribution in [-0.2, 0) is 4.79 Å². The first-order chi connectivity index (χ1) is 12.2. The van der Waals surface area contributed by atoms with E-state index in [1.54, 1.807) is 25.4 Å². The molecule has 1 aliphatic carbocycles. The van der Waals surface area contributed by atoms with Crippen LogP contribution in [-0.4, -0.2) is 29.9 Å². The van der Waals surface area contributed by atoms with E-state index in [2.05, 4.69) is 15.6 Å². The van der Waals surface area contributed by atoms with Crippen molar-refractivity contribution in [3.63, 3.8) is 0 Å². The Kier molecular flexibility index (Phi) is 5.48. The molecule has 2 aromatic heterocycles. The molecule has 1 aliphatic rings. The molecule has 132 valence electrons. The summed E-state index contributed by atoms with van der Waals surface area (Å²) in [5.41, 5.74) is 0.664. The second-order valence-electron chi connectivity index (χ2n) is 6.34. The fourth-order valence-electron chi connectivity index (χ4n) is 3.34. The Morgan fingerprint density at radius 3 is 2.64 bits per heavy atom. The summed E-state index contributed by atoms with van der Waals surface area (Å²) in [6.07, 6.45) is 6.96. The van der Waals surface area contributed by atoms with Crippen LogP contribution in [0.3, 0.4) is 0 Å². The average molecular weight is 341 g/mol. The van der Waals surface area contributed by atoms with Crippen LogP contribution in [0.15, 0.2) is 40.9 Å². The summed E-state index contributed by atoms with van der Waals surface area (Å²) >= 11 is 0. The molecular weight excluding hydrogens is 318 g/mol. The van der Waals surface area contributed by atoms with E-state index in [1.165, 1.54) is 6.42 Å². The Balaban J connectivity index is 1.73. The molecule has 2 N–H and O–H groups in total. The van der Waals surface area contributed by atoms with Gasteiger partial charge in [-0.05, 0) is 43.0 Å². The minimum absolute atomic E-state index is 0.156. The average Bonchev–Trinajstić information content (AvgIpc) is 3.17. The van der Waals surface area contributed by atoms with Crippen LogP contribution in [0.4, 0.5) is 0 Å². The van der Waals surface area contributed by atoms with Crippen molar-refractivity contribution in [2.24, 2.45) is 5.92 Å². The van der Waals surface area contributed by atoms with Gasteiger partial charge in [-0.1, -0.05) is 25.3 Å². The summed E-state index contributed by atoms with van der Waals surface area (Å²) in [7, 11) is 1.59. The van der Waals surface area contributed by atoms with Crippen LogP contribution < -0.4 is 10.6 Å². The fraction of sp³-hybridized carbons (Fsp3) is 0.421. The van der Waals surface area contributed by atoms with E-state index in [9.17, 15) is 9.59 Å². The van der Waals surface area contributed by atoms with E-state index in [1.807, 2.05) is 18.2 Å². The second kappa shape index (κ2) is 7.96. The number of amides is 2. The van der Waals surface area contributed by atoms with Gasteiger partial charge in [-0.15, -0.1) is 0 Å². The van der Waals surface area contributed by atoms with Gasteiger partial charge in [-0.3, -0.25) is 14.6 Å². The number of hydrogen-bond donors (Lipinski definition) is 2. The van der Waals surface area contributed by atoms with Gasteiger partial charge in [0.05, 0.1) is 0 Å². The molecule has 0 spiro atoms. The van der Waals surface area contributed by atoms with Gasteiger partial charge >= 0.3 is 0 Å². The van der Waals surface area contributed by atoms with Crippen LogP contribution in [0, 0.1) is 5.92 Å². The zero-order valence-electron chi connectivity index (χ0n) is 14.3. The van der Waals surface area contributed by atoms with Gasteiger partial charge < -0.3 is 15.1 Å². The lowest BCUT2D eigenvalue weighted by Crippen LogP contribution is -2.50. The zero-order chi connectivity index (χ0) is 17.6. The largest absolute Gasteiger partial charge is 0.449 e. The highest BCUT2D eigenvalue weighted by atomic mass is 16.4. The van der Waals surface area contributed by atoms with Crippen molar-refractivity contribution >= 4 is 11.8 Å². The molecule has 1 fully saturated rings. The number of carbonyl (C=O) groups excluding carboxylic acids is 2. The topological polar surface area (TPSA) is 84.2 Å². The molecule has 0 saturated heterocycles. The molecular formula is C19H23N3O3. The molecule has 0 radical (unpaired) electrons. The maximum Gasteiger partial charge on any atom is 0.287 e. The fourth-order valence-corrected chi connectivity index (χ4v) is 3.34. The van der Waals surface area contributed by atoms with Gasteiger partial charge in [0.1, 0.15) is 11.7 Å². The molecule has 6 heteroatoms. The second-order valence-corrected chi connectivity index (χ2v) is 6.34. The number of likely N-dealkylation sites (N-methyl/N-ethyl adjacent to an activating group) is 1. The molecule has 2 aromatic rings. The summed E-state index contributed by atoms with van der Waals surface area (Å²) in [6.45, 7) is 0. The Labute approximate surface area is 147 Å². The number of pyridine rings is 1. The maximum atomic E-state index is 12.6. The van der Waals surface area contributed by atoms with Crippen molar-refractivity contribution < 1.29 is 14.0 Å². The van der Waals surface area contributed by atoms with Gasteiger partial charge in [0.2, 0.25) is 5.91 Å². The number of furan rings is 1. The smallest absolute Gasteiger partial charge is 0.287 e. The van der Waals surface area contributed by atoms with Crippen LogP contribution in [0.5, 0.6) is 0 Å². The van der Waals surface area contributed by atoms with Crippen molar-refractivity contribution in [3.8, 4) is 11.5 Å². The van der Waals surface area contributed by atoms with Gasteiger partial charge in [0, 0.05) is 13.2 Å². The van der Waals surface area contributed by atoms with E-state index < -0.39 is 6.04 Å². The summed E-state index contributed by atoms with van der Waals surface area (Å²) in [4.78, 5) is 29.0. The third-order valence-corrected chi connectivity index (χ3v) is 4.68. The molecule has 2 amide bonds. The first-order valence-electron chi connectivity index (χ1n) is 8.72. The molecule has 0 bridgehead atoms. The lowest BCUT2D eigenvalue weighted by atomic mass is 9.83. The highest BCUT2D eigenvalue weighted by Gasteiger charge is 2.31. The molecule has 0 aliphatic heterocycles. The van der Waals surface area contributed by atoms with E-state index in [0.717, 1.165) is 25.7 Å². The van der Waals surface area contributed by atoms with Gasteiger partial charge in [0.15, 0.2) is 11.5 Å². The first-order valence-corrected chi connectivity index (χ1v) is 8.72. The monoisotopic (exact) mass is 341 g/mol. The summed E-state index contributed by atoms with van der Waals surface area (Å²) in [5, 5.41) is 5.51. The SMILES string of the molecule is CNC(=O)[C@@H](NC(=O)c1ccc(-c2ccccn2)o1)C1CCCCC1. The molecule has 3 rings (SSSR count). The first kappa shape index (κ1) is 17.2. The highest BCUT2D eigenvalue weighted by Crippen LogP contribution is 2.27. The molecule has 1 saturated carbocycles. The summed E-state index contributed by atoms with van der Waals surface area (Å²) in [5.74, 6) is 0.353. The lowest BCUT2D eigenvalue weighted by Gasteiger charge is -2.29. The molecule has 0 unspecified atom stereocenters. The molecule has 1 atom stereocenters. The van der Waals surface area contributed by atoms with Crippen molar-refractivity contribution in [2.75, 3.05) is 7.05 Å². The number of aromatic nitrogens is 1. The number of hydrogen-bond acceptors (Lipinski definition) is 4. The predicted octanol–water partition coefficient (Wildman–Crippen LogP) is 2.77. The quantitative estimate of drug-likeness (QED) is 0.876. The third kappa shape index (κ3) is 4.07. The molecule has 0 aromatic carbocycles. The number of carbonyl (C=O) groups is 2. The van der Waals surface area contributed by atoms with E-state index in [0.29, 0.717) is 11.5 Å². The van der Waals surface area contributed by atoms with Gasteiger partial charge in [-0.25, -0.2) is 0 Å². The summed E-state index contributed by atoms with van der Waals surface area (Å²) < 4.78 is 5.63. The highest BCUT2D eigenvalue weighted by molar-refractivity contribution is 5.96. The van der Waals surface area contributed by atoms with Crippen molar-refractivity contribution in [1.29, 1.82) is 0 Å². The minimum Gasteiger partial charge on any atom is -0.449 e. The van der Waals surface area contributed by atoms with E-state index in [-0.39, 0.29) is 23.5 Å². The Morgan fingerprint density at radius 2 is 1.96 bits per heavy atom.